The number of nitrogens with zero attached hydrogens (tertiary/aromatic N) is 1. The van der Waals surface area contributed by atoms with Crippen molar-refractivity contribution in [1.82, 2.24) is 5.32 Å². The van der Waals surface area contributed by atoms with Gasteiger partial charge < -0.3 is 15.0 Å². The number of rotatable bonds is 3. The lowest BCUT2D eigenvalue weighted by Gasteiger charge is -2.30. The molecular weight excluding hydrogens is 260 g/mol. The smallest absolute Gasteiger partial charge is 0.0758 e. The van der Waals surface area contributed by atoms with Gasteiger partial charge in [0, 0.05) is 31.4 Å². The van der Waals surface area contributed by atoms with Crippen LogP contribution in [0.5, 0.6) is 0 Å². The fourth-order valence-electron chi connectivity index (χ4n) is 3.55. The molecule has 0 aliphatic carbocycles. The van der Waals surface area contributed by atoms with Crippen molar-refractivity contribution in [1.29, 1.82) is 0 Å². The van der Waals surface area contributed by atoms with Gasteiger partial charge in [-0.05, 0) is 44.7 Å². The van der Waals surface area contributed by atoms with Gasteiger partial charge >= 0.3 is 0 Å². The van der Waals surface area contributed by atoms with E-state index in [0.717, 1.165) is 19.6 Å². The van der Waals surface area contributed by atoms with Crippen LogP contribution in [0.25, 0.3) is 0 Å². The second-order valence-corrected chi connectivity index (χ2v) is 7.06. The van der Waals surface area contributed by atoms with E-state index >= 15 is 0 Å². The number of benzene rings is 1. The number of hydrogen-bond acceptors (Lipinski definition) is 3. The van der Waals surface area contributed by atoms with Crippen molar-refractivity contribution in [3.8, 4) is 0 Å². The van der Waals surface area contributed by atoms with E-state index in [-0.39, 0.29) is 5.60 Å². The van der Waals surface area contributed by atoms with Crippen LogP contribution in [0.1, 0.15) is 45.6 Å². The molecule has 3 rings (SSSR count). The minimum Gasteiger partial charge on any atom is -0.371 e. The zero-order valence-corrected chi connectivity index (χ0v) is 13.6. The maximum absolute atomic E-state index is 6.21. The van der Waals surface area contributed by atoms with Crippen LogP contribution in [0.3, 0.4) is 0 Å². The summed E-state index contributed by atoms with van der Waals surface area (Å²) in [4.78, 5) is 2.54. The summed E-state index contributed by atoms with van der Waals surface area (Å²) >= 11 is 0. The minimum absolute atomic E-state index is 0.0540. The van der Waals surface area contributed by atoms with Crippen LogP contribution < -0.4 is 10.2 Å². The van der Waals surface area contributed by atoms with Crippen molar-refractivity contribution in [2.45, 2.75) is 64.3 Å². The molecule has 1 fully saturated rings. The third-order valence-corrected chi connectivity index (χ3v) is 4.83. The van der Waals surface area contributed by atoms with Crippen LogP contribution in [0.15, 0.2) is 24.3 Å². The highest BCUT2D eigenvalue weighted by atomic mass is 16.5. The third-order valence-electron chi connectivity index (χ3n) is 4.83. The maximum Gasteiger partial charge on any atom is 0.0758 e. The van der Waals surface area contributed by atoms with Gasteiger partial charge in [0.1, 0.15) is 0 Å². The van der Waals surface area contributed by atoms with Gasteiger partial charge in [0.2, 0.25) is 0 Å². The van der Waals surface area contributed by atoms with E-state index < -0.39 is 0 Å². The topological polar surface area (TPSA) is 24.5 Å². The Kier molecular flexibility index (Phi) is 4.23. The van der Waals surface area contributed by atoms with E-state index in [9.17, 15) is 0 Å². The number of nitrogens with one attached hydrogen (secondary N) is 1. The summed E-state index contributed by atoms with van der Waals surface area (Å²) in [5, 5.41) is 3.68. The lowest BCUT2D eigenvalue weighted by atomic mass is 10.1. The van der Waals surface area contributed by atoms with Gasteiger partial charge in [0.25, 0.3) is 0 Å². The van der Waals surface area contributed by atoms with Gasteiger partial charge in [0.05, 0.1) is 11.7 Å². The molecule has 0 radical (unpaired) electrons. The van der Waals surface area contributed by atoms with Crippen LogP contribution in [-0.4, -0.2) is 30.8 Å². The first-order chi connectivity index (χ1) is 10.1. The van der Waals surface area contributed by atoms with Gasteiger partial charge in [-0.2, -0.15) is 0 Å². The average Bonchev–Trinajstić information content (AvgIpc) is 2.71. The quantitative estimate of drug-likeness (QED) is 0.923. The fraction of sp³-hybridized carbons (Fsp3) is 0.667. The van der Waals surface area contributed by atoms with Gasteiger partial charge in [-0.15, -0.1) is 0 Å². The highest BCUT2D eigenvalue weighted by Crippen LogP contribution is 2.32. The monoisotopic (exact) mass is 288 g/mol. The minimum atomic E-state index is 0.0540. The molecular formula is C18H28N2O. The number of anilines is 1. The van der Waals surface area contributed by atoms with Gasteiger partial charge in [-0.3, -0.25) is 0 Å². The molecule has 0 bridgehead atoms. The number of hydrogen-bond donors (Lipinski definition) is 1. The molecule has 0 saturated carbocycles. The first kappa shape index (κ1) is 14.9. The van der Waals surface area contributed by atoms with Crippen molar-refractivity contribution >= 4 is 5.69 Å². The summed E-state index contributed by atoms with van der Waals surface area (Å²) < 4.78 is 6.21. The van der Waals surface area contributed by atoms with E-state index in [1.165, 1.54) is 30.5 Å². The fourth-order valence-corrected chi connectivity index (χ4v) is 3.55. The Morgan fingerprint density at radius 3 is 2.86 bits per heavy atom. The zero-order chi connectivity index (χ0) is 14.9. The Labute approximate surface area is 128 Å². The van der Waals surface area contributed by atoms with Crippen LogP contribution in [0, 0.1) is 0 Å². The molecule has 0 aromatic heterocycles. The molecule has 3 heteroatoms. The second kappa shape index (κ2) is 5.98. The first-order valence-electron chi connectivity index (χ1n) is 8.31. The highest BCUT2D eigenvalue weighted by molar-refractivity contribution is 5.54. The van der Waals surface area contributed by atoms with E-state index in [2.05, 4.69) is 55.3 Å². The number of para-hydroxylation sites is 1. The Bertz CT molecular complexity index is 486. The lowest BCUT2D eigenvalue weighted by Crippen LogP contribution is -2.41. The highest BCUT2D eigenvalue weighted by Gasteiger charge is 2.33. The van der Waals surface area contributed by atoms with Gasteiger partial charge in [-0.1, -0.05) is 25.1 Å². The second-order valence-electron chi connectivity index (χ2n) is 7.06. The van der Waals surface area contributed by atoms with Crippen LogP contribution in [0.2, 0.25) is 0 Å². The molecule has 2 unspecified atom stereocenters. The molecule has 0 spiro atoms. The summed E-state index contributed by atoms with van der Waals surface area (Å²) in [5.74, 6) is 0. The predicted molar refractivity (Wildman–Crippen MR) is 87.8 cm³/mol. The summed E-state index contributed by atoms with van der Waals surface area (Å²) in [7, 11) is 0. The normalized spacial score (nSPS) is 28.2. The molecule has 1 N–H and O–H groups in total. The SMILES string of the molecule is CCC1CN(CC2CCC(C)(C)O2)c2ccccc2CN1. The molecule has 2 heterocycles. The lowest BCUT2D eigenvalue weighted by molar-refractivity contribution is -0.0116. The van der Waals surface area contributed by atoms with Crippen molar-refractivity contribution in [3.63, 3.8) is 0 Å². The van der Waals surface area contributed by atoms with E-state index in [0.29, 0.717) is 12.1 Å². The summed E-state index contributed by atoms with van der Waals surface area (Å²) in [6, 6.07) is 9.35. The Morgan fingerprint density at radius 2 is 2.14 bits per heavy atom. The molecule has 2 atom stereocenters. The van der Waals surface area contributed by atoms with Crippen LogP contribution in [-0.2, 0) is 11.3 Å². The average molecular weight is 288 g/mol. The molecule has 3 nitrogen and oxygen atoms in total. The molecule has 1 saturated heterocycles. The summed E-state index contributed by atoms with van der Waals surface area (Å²) in [6.07, 6.45) is 3.88. The third kappa shape index (κ3) is 3.41. The number of fused-ring (bicyclic) bond motifs is 1. The predicted octanol–water partition coefficient (Wildman–Crippen LogP) is 3.33. The van der Waals surface area contributed by atoms with Gasteiger partial charge in [-0.25, -0.2) is 0 Å². The summed E-state index contributed by atoms with van der Waals surface area (Å²) in [5.41, 5.74) is 2.85. The van der Waals surface area contributed by atoms with Crippen molar-refractivity contribution in [2.24, 2.45) is 0 Å². The Balaban J connectivity index is 1.78. The largest absolute Gasteiger partial charge is 0.371 e. The van der Waals surface area contributed by atoms with Crippen LogP contribution in [0.4, 0.5) is 5.69 Å². The molecule has 2 aliphatic rings. The number of ether oxygens (including phenoxy) is 1. The maximum atomic E-state index is 6.21. The van der Waals surface area contributed by atoms with E-state index in [4.69, 9.17) is 4.74 Å². The summed E-state index contributed by atoms with van der Waals surface area (Å²) in [6.45, 7) is 9.75. The first-order valence-corrected chi connectivity index (χ1v) is 8.31. The van der Waals surface area contributed by atoms with Crippen molar-refractivity contribution in [3.05, 3.63) is 29.8 Å². The molecule has 116 valence electrons. The molecule has 1 aromatic rings. The van der Waals surface area contributed by atoms with E-state index in [1.807, 2.05) is 0 Å². The Hall–Kier alpha value is -1.06. The van der Waals surface area contributed by atoms with E-state index in [1.54, 1.807) is 0 Å². The van der Waals surface area contributed by atoms with Crippen molar-refractivity contribution < 1.29 is 4.74 Å². The standard InChI is InChI=1S/C18H28N2O/c1-4-15-12-20(13-16-9-10-18(2,3)21-16)17-8-6-5-7-14(17)11-19-15/h5-8,15-16,19H,4,9-13H2,1-3H3. The molecule has 2 aliphatic heterocycles. The zero-order valence-electron chi connectivity index (χ0n) is 13.6. The molecule has 0 amide bonds. The molecule has 1 aromatic carbocycles. The Morgan fingerprint density at radius 1 is 1.33 bits per heavy atom. The van der Waals surface area contributed by atoms with Gasteiger partial charge in [0.15, 0.2) is 0 Å². The molecule has 21 heavy (non-hydrogen) atoms. The van der Waals surface area contributed by atoms with Crippen molar-refractivity contribution in [2.75, 3.05) is 18.0 Å². The van der Waals surface area contributed by atoms with Crippen LogP contribution >= 0.6 is 0 Å².